The van der Waals surface area contributed by atoms with E-state index in [0.717, 1.165) is 25.9 Å². The van der Waals surface area contributed by atoms with E-state index >= 15 is 0 Å². The van der Waals surface area contributed by atoms with E-state index in [-0.39, 0.29) is 18.1 Å². The van der Waals surface area contributed by atoms with Crippen molar-refractivity contribution in [2.75, 3.05) is 19.8 Å². The lowest BCUT2D eigenvalue weighted by Gasteiger charge is -2.30. The van der Waals surface area contributed by atoms with Crippen molar-refractivity contribution in [1.82, 2.24) is 5.32 Å². The van der Waals surface area contributed by atoms with Crippen LogP contribution in [0.25, 0.3) is 0 Å². The first-order chi connectivity index (χ1) is 9.44. The topological polar surface area (TPSA) is 73.6 Å². The number of amides is 1. The lowest BCUT2D eigenvalue weighted by atomic mass is 9.94. The zero-order chi connectivity index (χ0) is 15.0. The molecule has 1 saturated heterocycles. The lowest BCUT2D eigenvalue weighted by molar-refractivity contribution is -0.124. The molecule has 1 aliphatic heterocycles. The van der Waals surface area contributed by atoms with Gasteiger partial charge in [-0.1, -0.05) is 0 Å². The van der Waals surface area contributed by atoms with Gasteiger partial charge in [0.25, 0.3) is 0 Å². The van der Waals surface area contributed by atoms with Gasteiger partial charge in [0.15, 0.2) is 0 Å². The van der Waals surface area contributed by atoms with Gasteiger partial charge in [-0.05, 0) is 52.9 Å². The van der Waals surface area contributed by atoms with Gasteiger partial charge in [0.1, 0.15) is 0 Å². The van der Waals surface area contributed by atoms with Gasteiger partial charge in [0.05, 0.1) is 18.2 Å². The lowest BCUT2D eigenvalue weighted by Crippen LogP contribution is -2.55. The highest BCUT2D eigenvalue weighted by Gasteiger charge is 2.30. The molecule has 1 rings (SSSR count). The summed E-state index contributed by atoms with van der Waals surface area (Å²) in [4.78, 5) is 11.6. The zero-order valence-corrected chi connectivity index (χ0v) is 13.1. The number of nitrogens with two attached hydrogens (primary N) is 1. The van der Waals surface area contributed by atoms with Crippen LogP contribution < -0.4 is 11.1 Å². The van der Waals surface area contributed by atoms with Crippen molar-refractivity contribution in [3.05, 3.63) is 0 Å². The predicted octanol–water partition coefficient (Wildman–Crippen LogP) is 1.59. The number of ether oxygens (including phenoxy) is 2. The first kappa shape index (κ1) is 17.4. The average molecular weight is 286 g/mol. The number of hydrogen-bond donors (Lipinski definition) is 2. The largest absolute Gasteiger partial charge is 0.379 e. The minimum Gasteiger partial charge on any atom is -0.379 e. The maximum absolute atomic E-state index is 11.6. The first-order valence-corrected chi connectivity index (χ1v) is 7.71. The molecular weight excluding hydrogens is 256 g/mol. The third-order valence-corrected chi connectivity index (χ3v) is 3.69. The van der Waals surface area contributed by atoms with Crippen LogP contribution in [0.4, 0.5) is 0 Å². The van der Waals surface area contributed by atoms with Crippen LogP contribution in [0.1, 0.15) is 52.9 Å². The normalized spacial score (nSPS) is 22.7. The highest BCUT2D eigenvalue weighted by molar-refractivity contribution is 5.84. The summed E-state index contributed by atoms with van der Waals surface area (Å²) in [5.74, 6) is -0.304. The Hall–Kier alpha value is -0.650. The quantitative estimate of drug-likeness (QED) is 0.631. The highest BCUT2D eigenvalue weighted by Crippen LogP contribution is 2.15. The maximum atomic E-state index is 11.6. The van der Waals surface area contributed by atoms with Crippen molar-refractivity contribution < 1.29 is 14.3 Å². The summed E-state index contributed by atoms with van der Waals surface area (Å²) in [7, 11) is 0. The Morgan fingerprint density at radius 2 is 2.25 bits per heavy atom. The summed E-state index contributed by atoms with van der Waals surface area (Å²) in [5, 5.41) is 3.24. The molecule has 0 aromatic rings. The molecule has 2 unspecified atom stereocenters. The van der Waals surface area contributed by atoms with Gasteiger partial charge in [-0.3, -0.25) is 4.79 Å². The molecule has 0 aromatic heterocycles. The maximum Gasteiger partial charge on any atom is 0.237 e. The van der Waals surface area contributed by atoms with E-state index in [1.54, 1.807) is 0 Å². The number of carbonyl (C=O) groups excluding carboxylic acids is 1. The third-order valence-electron chi connectivity index (χ3n) is 3.69. The minimum absolute atomic E-state index is 0.226. The predicted molar refractivity (Wildman–Crippen MR) is 79.5 cm³/mol. The second kappa shape index (κ2) is 8.60. The Morgan fingerprint density at radius 1 is 1.50 bits per heavy atom. The van der Waals surface area contributed by atoms with Crippen molar-refractivity contribution in [2.24, 2.45) is 5.73 Å². The molecule has 0 saturated carbocycles. The van der Waals surface area contributed by atoms with Crippen LogP contribution in [0.15, 0.2) is 0 Å². The standard InChI is InChI=1S/C15H30N2O3/c1-12(2)17-15(3,14(16)18)8-6-9-19-11-13-7-4-5-10-20-13/h12-13,17H,4-11H2,1-3H3,(H2,16,18). The van der Waals surface area contributed by atoms with Gasteiger partial charge in [0, 0.05) is 19.3 Å². The Morgan fingerprint density at radius 3 is 2.80 bits per heavy atom. The summed E-state index contributed by atoms with van der Waals surface area (Å²) in [5.41, 5.74) is 4.83. The van der Waals surface area contributed by atoms with E-state index in [2.05, 4.69) is 5.32 Å². The average Bonchev–Trinajstić information content (AvgIpc) is 2.38. The SMILES string of the molecule is CC(C)NC(C)(CCCOCC1CCCCO1)C(N)=O. The van der Waals surface area contributed by atoms with Gasteiger partial charge < -0.3 is 20.5 Å². The fraction of sp³-hybridized carbons (Fsp3) is 0.933. The van der Waals surface area contributed by atoms with E-state index in [9.17, 15) is 4.79 Å². The van der Waals surface area contributed by atoms with Crippen LogP contribution in [-0.2, 0) is 14.3 Å². The molecule has 0 aromatic carbocycles. The summed E-state index contributed by atoms with van der Waals surface area (Å²) in [6, 6.07) is 0.226. The molecule has 2 atom stereocenters. The molecule has 1 fully saturated rings. The second-order valence-corrected chi connectivity index (χ2v) is 6.16. The molecule has 1 heterocycles. The molecule has 20 heavy (non-hydrogen) atoms. The van der Waals surface area contributed by atoms with Crippen LogP contribution in [0.5, 0.6) is 0 Å². The minimum atomic E-state index is -0.654. The second-order valence-electron chi connectivity index (χ2n) is 6.16. The van der Waals surface area contributed by atoms with Crippen LogP contribution in [-0.4, -0.2) is 43.4 Å². The molecule has 5 nitrogen and oxygen atoms in total. The zero-order valence-electron chi connectivity index (χ0n) is 13.1. The van der Waals surface area contributed by atoms with Crippen LogP contribution in [0.2, 0.25) is 0 Å². The van der Waals surface area contributed by atoms with Crippen LogP contribution >= 0.6 is 0 Å². The van der Waals surface area contributed by atoms with Gasteiger partial charge >= 0.3 is 0 Å². The Bertz CT molecular complexity index is 291. The Kier molecular flexibility index (Phi) is 7.48. The van der Waals surface area contributed by atoms with Crippen molar-refractivity contribution >= 4 is 5.91 Å². The van der Waals surface area contributed by atoms with Gasteiger partial charge in [0.2, 0.25) is 5.91 Å². The number of carbonyl (C=O) groups is 1. The fourth-order valence-corrected chi connectivity index (χ4v) is 2.59. The smallest absolute Gasteiger partial charge is 0.237 e. The van der Waals surface area contributed by atoms with Crippen LogP contribution in [0, 0.1) is 0 Å². The molecule has 0 aliphatic carbocycles. The Labute approximate surface area is 122 Å². The summed E-state index contributed by atoms with van der Waals surface area (Å²) >= 11 is 0. The van der Waals surface area contributed by atoms with E-state index in [1.807, 2.05) is 20.8 Å². The van der Waals surface area contributed by atoms with E-state index in [0.29, 0.717) is 19.6 Å². The number of rotatable bonds is 9. The molecule has 0 spiro atoms. The van der Waals surface area contributed by atoms with Crippen LogP contribution in [0.3, 0.4) is 0 Å². The third kappa shape index (κ3) is 6.20. The van der Waals surface area contributed by atoms with Crippen molar-refractivity contribution in [2.45, 2.75) is 70.6 Å². The number of hydrogen-bond acceptors (Lipinski definition) is 4. The van der Waals surface area contributed by atoms with Crippen molar-refractivity contribution in [1.29, 1.82) is 0 Å². The van der Waals surface area contributed by atoms with Gasteiger partial charge in [-0.25, -0.2) is 0 Å². The van der Waals surface area contributed by atoms with E-state index < -0.39 is 5.54 Å². The van der Waals surface area contributed by atoms with Gasteiger partial charge in [-0.2, -0.15) is 0 Å². The van der Waals surface area contributed by atoms with Crippen molar-refractivity contribution in [3.8, 4) is 0 Å². The Balaban J connectivity index is 2.18. The molecule has 0 radical (unpaired) electrons. The summed E-state index contributed by atoms with van der Waals surface area (Å²) in [6.45, 7) is 8.04. The number of nitrogens with one attached hydrogen (secondary N) is 1. The van der Waals surface area contributed by atoms with E-state index in [1.165, 1.54) is 6.42 Å². The fourth-order valence-electron chi connectivity index (χ4n) is 2.59. The molecule has 1 aliphatic rings. The molecular formula is C15H30N2O3. The molecule has 118 valence electrons. The van der Waals surface area contributed by atoms with E-state index in [4.69, 9.17) is 15.2 Å². The number of primary amides is 1. The molecule has 1 amide bonds. The first-order valence-electron chi connectivity index (χ1n) is 7.71. The summed E-state index contributed by atoms with van der Waals surface area (Å²) in [6.07, 6.45) is 5.23. The molecule has 3 N–H and O–H groups in total. The summed E-state index contributed by atoms with van der Waals surface area (Å²) < 4.78 is 11.3. The monoisotopic (exact) mass is 286 g/mol. The highest BCUT2D eigenvalue weighted by atomic mass is 16.5. The molecule has 0 bridgehead atoms. The van der Waals surface area contributed by atoms with Gasteiger partial charge in [-0.15, -0.1) is 0 Å². The van der Waals surface area contributed by atoms with Crippen molar-refractivity contribution in [3.63, 3.8) is 0 Å². The molecule has 5 heteroatoms.